The van der Waals surface area contributed by atoms with Crippen LogP contribution in [0.15, 0.2) is 33.6 Å². The average Bonchev–Trinajstić information content (AvgIpc) is 2.32. The van der Waals surface area contributed by atoms with E-state index in [0.717, 1.165) is 9.37 Å². The number of aliphatic hydroxyl groups is 1. The maximum absolute atomic E-state index is 11.7. The molecular formula is C12H16BrNO2S. The predicted molar refractivity (Wildman–Crippen MR) is 74.2 cm³/mol. The van der Waals surface area contributed by atoms with E-state index >= 15 is 0 Å². The van der Waals surface area contributed by atoms with Crippen LogP contribution in [0.2, 0.25) is 0 Å². The molecule has 0 radical (unpaired) electrons. The summed E-state index contributed by atoms with van der Waals surface area (Å²) in [6.45, 7) is 2.51. The van der Waals surface area contributed by atoms with E-state index in [4.69, 9.17) is 5.11 Å². The van der Waals surface area contributed by atoms with Gasteiger partial charge in [0.25, 0.3) is 0 Å². The smallest absolute Gasteiger partial charge is 0.233 e. The summed E-state index contributed by atoms with van der Waals surface area (Å²) in [5.74, 6) is 0.00590. The molecule has 0 saturated heterocycles. The van der Waals surface area contributed by atoms with E-state index in [1.54, 1.807) is 0 Å². The maximum Gasteiger partial charge on any atom is 0.233 e. The van der Waals surface area contributed by atoms with Crippen LogP contribution in [-0.2, 0) is 4.79 Å². The van der Waals surface area contributed by atoms with Gasteiger partial charge in [0, 0.05) is 22.5 Å². The number of carbonyl (C=O) groups is 1. The van der Waals surface area contributed by atoms with E-state index in [1.807, 2.05) is 31.2 Å². The van der Waals surface area contributed by atoms with Crippen molar-refractivity contribution in [2.45, 2.75) is 23.5 Å². The summed E-state index contributed by atoms with van der Waals surface area (Å²) >= 11 is 4.89. The number of benzene rings is 1. The number of thioether (sulfide) groups is 1. The number of aliphatic hydroxyl groups excluding tert-OH is 1. The third-order valence-electron chi connectivity index (χ3n) is 2.13. The van der Waals surface area contributed by atoms with Crippen molar-refractivity contribution in [3.05, 3.63) is 28.7 Å². The van der Waals surface area contributed by atoms with Gasteiger partial charge in [0.2, 0.25) is 5.91 Å². The van der Waals surface area contributed by atoms with E-state index in [0.29, 0.717) is 13.0 Å². The van der Waals surface area contributed by atoms with Crippen LogP contribution in [0.5, 0.6) is 0 Å². The Hall–Kier alpha value is -0.520. The zero-order valence-corrected chi connectivity index (χ0v) is 12.1. The Kier molecular flexibility index (Phi) is 6.62. The second-order valence-corrected chi connectivity index (χ2v) is 5.91. The van der Waals surface area contributed by atoms with Crippen molar-refractivity contribution in [1.29, 1.82) is 0 Å². The van der Waals surface area contributed by atoms with Crippen LogP contribution < -0.4 is 5.32 Å². The molecule has 0 saturated carbocycles. The fourth-order valence-electron chi connectivity index (χ4n) is 1.21. The van der Waals surface area contributed by atoms with Gasteiger partial charge >= 0.3 is 0 Å². The fourth-order valence-corrected chi connectivity index (χ4v) is 2.36. The number of carbonyl (C=O) groups excluding carboxylic acids is 1. The molecule has 0 spiro atoms. The van der Waals surface area contributed by atoms with E-state index in [-0.39, 0.29) is 17.8 Å². The molecule has 1 aromatic carbocycles. The van der Waals surface area contributed by atoms with Crippen LogP contribution in [-0.4, -0.2) is 29.4 Å². The predicted octanol–water partition coefficient (Wildman–Crippen LogP) is 2.43. The van der Waals surface area contributed by atoms with E-state index in [9.17, 15) is 4.79 Å². The second kappa shape index (κ2) is 7.74. The van der Waals surface area contributed by atoms with Gasteiger partial charge in [-0.3, -0.25) is 4.79 Å². The van der Waals surface area contributed by atoms with E-state index in [2.05, 4.69) is 21.2 Å². The van der Waals surface area contributed by atoms with Gasteiger partial charge in [0.15, 0.2) is 0 Å². The summed E-state index contributed by atoms with van der Waals surface area (Å²) in [6, 6.07) is 7.87. The highest BCUT2D eigenvalue weighted by molar-refractivity contribution is 9.10. The quantitative estimate of drug-likeness (QED) is 0.626. The van der Waals surface area contributed by atoms with Gasteiger partial charge in [-0.15, -0.1) is 11.8 Å². The number of halogens is 1. The fraction of sp³-hybridized carbons (Fsp3) is 0.417. The number of amides is 1. The molecule has 1 rings (SSSR count). The molecule has 0 aliphatic rings. The van der Waals surface area contributed by atoms with E-state index < -0.39 is 0 Å². The highest BCUT2D eigenvalue weighted by Crippen LogP contribution is 2.24. The largest absolute Gasteiger partial charge is 0.396 e. The average molecular weight is 318 g/mol. The third kappa shape index (κ3) is 5.57. The number of hydrogen-bond acceptors (Lipinski definition) is 3. The number of hydrogen-bond donors (Lipinski definition) is 2. The molecule has 0 bridgehead atoms. The van der Waals surface area contributed by atoms with Crippen molar-refractivity contribution < 1.29 is 9.90 Å². The Morgan fingerprint density at radius 1 is 1.47 bits per heavy atom. The summed E-state index contributed by atoms with van der Waals surface area (Å²) in [6.07, 6.45) is 0.599. The molecule has 0 fully saturated rings. The minimum Gasteiger partial charge on any atom is -0.396 e. The van der Waals surface area contributed by atoms with Crippen molar-refractivity contribution in [3.63, 3.8) is 0 Å². The van der Waals surface area contributed by atoms with Crippen LogP contribution in [0.4, 0.5) is 0 Å². The molecule has 0 heterocycles. The van der Waals surface area contributed by atoms with Crippen LogP contribution in [0, 0.1) is 0 Å². The van der Waals surface area contributed by atoms with Gasteiger partial charge < -0.3 is 10.4 Å². The lowest BCUT2D eigenvalue weighted by atomic mass is 10.4. The zero-order valence-electron chi connectivity index (χ0n) is 9.65. The summed E-state index contributed by atoms with van der Waals surface area (Å²) < 4.78 is 1.03. The van der Waals surface area contributed by atoms with Crippen molar-refractivity contribution in [1.82, 2.24) is 5.32 Å². The topological polar surface area (TPSA) is 49.3 Å². The standard InChI is InChI=1S/C12H16BrNO2S/c1-9(12(16)14-7-2-8-15)17-11-5-3-10(13)4-6-11/h3-6,9,15H,2,7-8H2,1H3,(H,14,16)/t9-/m1/s1. The molecule has 2 N–H and O–H groups in total. The lowest BCUT2D eigenvalue weighted by Gasteiger charge is -2.11. The van der Waals surface area contributed by atoms with Crippen LogP contribution in [0.25, 0.3) is 0 Å². The molecular weight excluding hydrogens is 302 g/mol. The van der Waals surface area contributed by atoms with Gasteiger partial charge in [0.05, 0.1) is 5.25 Å². The van der Waals surface area contributed by atoms with Crippen LogP contribution >= 0.6 is 27.7 Å². The summed E-state index contributed by atoms with van der Waals surface area (Å²) in [5.41, 5.74) is 0. The highest BCUT2D eigenvalue weighted by Gasteiger charge is 2.13. The van der Waals surface area contributed by atoms with Crippen molar-refractivity contribution in [3.8, 4) is 0 Å². The van der Waals surface area contributed by atoms with Crippen molar-refractivity contribution in [2.75, 3.05) is 13.2 Å². The SMILES string of the molecule is C[C@@H](Sc1ccc(Br)cc1)C(=O)NCCCO. The first kappa shape index (κ1) is 14.5. The minimum atomic E-state index is -0.130. The summed E-state index contributed by atoms with van der Waals surface area (Å²) in [5, 5.41) is 11.3. The van der Waals surface area contributed by atoms with Gasteiger partial charge in [-0.05, 0) is 37.6 Å². The Balaban J connectivity index is 2.40. The first-order chi connectivity index (χ1) is 8.13. The van der Waals surface area contributed by atoms with Crippen LogP contribution in [0.1, 0.15) is 13.3 Å². The normalized spacial score (nSPS) is 12.2. The molecule has 94 valence electrons. The Morgan fingerprint density at radius 2 is 2.12 bits per heavy atom. The molecule has 0 aromatic heterocycles. The molecule has 0 unspecified atom stereocenters. The molecule has 1 atom stereocenters. The lowest BCUT2D eigenvalue weighted by Crippen LogP contribution is -2.31. The Morgan fingerprint density at radius 3 is 2.71 bits per heavy atom. The molecule has 0 aliphatic heterocycles. The summed E-state index contributed by atoms with van der Waals surface area (Å²) in [7, 11) is 0. The minimum absolute atomic E-state index is 0.00590. The lowest BCUT2D eigenvalue weighted by molar-refractivity contribution is -0.120. The first-order valence-corrected chi connectivity index (χ1v) is 7.11. The number of rotatable bonds is 6. The monoisotopic (exact) mass is 317 g/mol. The first-order valence-electron chi connectivity index (χ1n) is 5.44. The molecule has 0 aliphatic carbocycles. The van der Waals surface area contributed by atoms with Gasteiger partial charge in [-0.1, -0.05) is 15.9 Å². The highest BCUT2D eigenvalue weighted by atomic mass is 79.9. The van der Waals surface area contributed by atoms with Gasteiger partial charge in [-0.2, -0.15) is 0 Å². The Labute approximate surface area is 114 Å². The van der Waals surface area contributed by atoms with Gasteiger partial charge in [-0.25, -0.2) is 0 Å². The summed E-state index contributed by atoms with van der Waals surface area (Å²) in [4.78, 5) is 12.7. The van der Waals surface area contributed by atoms with Crippen molar-refractivity contribution >= 4 is 33.6 Å². The maximum atomic E-state index is 11.7. The van der Waals surface area contributed by atoms with Crippen LogP contribution in [0.3, 0.4) is 0 Å². The zero-order chi connectivity index (χ0) is 12.7. The second-order valence-electron chi connectivity index (χ2n) is 3.58. The number of nitrogens with one attached hydrogen (secondary N) is 1. The molecule has 17 heavy (non-hydrogen) atoms. The van der Waals surface area contributed by atoms with Crippen molar-refractivity contribution in [2.24, 2.45) is 0 Å². The third-order valence-corrected chi connectivity index (χ3v) is 3.77. The molecule has 5 heteroatoms. The molecule has 1 amide bonds. The van der Waals surface area contributed by atoms with E-state index in [1.165, 1.54) is 11.8 Å². The Bertz CT molecular complexity index is 356. The molecule has 1 aromatic rings. The van der Waals surface area contributed by atoms with Gasteiger partial charge in [0.1, 0.15) is 0 Å². The molecule has 3 nitrogen and oxygen atoms in total.